The van der Waals surface area contributed by atoms with Crippen LogP contribution in [-0.4, -0.2) is 23.1 Å². The molecule has 0 saturated heterocycles. The van der Waals surface area contributed by atoms with Crippen LogP contribution in [0.4, 0.5) is 0 Å². The summed E-state index contributed by atoms with van der Waals surface area (Å²) in [6.45, 7) is 6.24. The minimum atomic E-state index is -0.367. The minimum Gasteiger partial charge on any atom is -0.462 e. The molecule has 1 fully saturated rings. The molecule has 1 aromatic heterocycles. The minimum absolute atomic E-state index is 0.0475. The number of carbonyl (C=O) groups excluding carboxylic acids is 2. The highest BCUT2D eigenvalue weighted by atomic mass is 16.5. The fraction of sp³-hybridized carbons (Fsp3) is 0.448. The summed E-state index contributed by atoms with van der Waals surface area (Å²) >= 11 is 0. The van der Waals surface area contributed by atoms with Crippen molar-refractivity contribution in [2.45, 2.75) is 65.7 Å². The van der Waals surface area contributed by atoms with E-state index in [4.69, 9.17) is 9.47 Å². The summed E-state index contributed by atoms with van der Waals surface area (Å²) in [5.41, 5.74) is 3.15. The van der Waals surface area contributed by atoms with Crippen LogP contribution in [0.5, 0.6) is 5.75 Å². The third kappa shape index (κ3) is 5.03. The third-order valence-electron chi connectivity index (χ3n) is 7.03. The Morgan fingerprint density at radius 1 is 1.00 bits per heavy atom. The molecule has 1 aliphatic carbocycles. The number of esters is 2. The molecule has 2 aromatic carbocycles. The van der Waals surface area contributed by atoms with Gasteiger partial charge in [0.15, 0.2) is 0 Å². The van der Waals surface area contributed by atoms with E-state index in [2.05, 4.69) is 6.92 Å². The van der Waals surface area contributed by atoms with Gasteiger partial charge in [-0.25, -0.2) is 4.79 Å². The lowest BCUT2D eigenvalue weighted by molar-refractivity contribution is -0.140. The molecule has 0 bridgehead atoms. The predicted molar refractivity (Wildman–Crippen MR) is 135 cm³/mol. The first-order valence-corrected chi connectivity index (χ1v) is 12.6. The second kappa shape index (κ2) is 10.9. The average molecular weight is 462 g/mol. The second-order valence-corrected chi connectivity index (χ2v) is 9.31. The lowest BCUT2D eigenvalue weighted by atomic mass is 9.80. The van der Waals surface area contributed by atoms with Crippen molar-refractivity contribution >= 4 is 22.8 Å². The molecule has 4 rings (SSSR count). The molecule has 3 aromatic rings. The standard InChI is InChI=1S/C29H35NO4/c1-4-6-10-21-13-15-22(16-14-21)28(31)34-24-17-18-26-25(19-24)27(29(32)33-5-2)20(3)30(26)23-11-8-7-9-12-23/h7-9,11-12,17-19,21-22H,4-6,10,13-16H2,1-3H3. The summed E-state index contributed by atoms with van der Waals surface area (Å²) in [6.07, 6.45) is 7.76. The van der Waals surface area contributed by atoms with E-state index in [0.29, 0.717) is 17.9 Å². The van der Waals surface area contributed by atoms with Gasteiger partial charge in [-0.2, -0.15) is 0 Å². The van der Waals surface area contributed by atoms with E-state index >= 15 is 0 Å². The van der Waals surface area contributed by atoms with E-state index < -0.39 is 0 Å². The van der Waals surface area contributed by atoms with E-state index in [1.165, 1.54) is 19.3 Å². The van der Waals surface area contributed by atoms with Crippen LogP contribution in [0.1, 0.15) is 74.8 Å². The lowest BCUT2D eigenvalue weighted by Crippen LogP contribution is -2.25. The van der Waals surface area contributed by atoms with Gasteiger partial charge in [-0.15, -0.1) is 0 Å². The molecular weight excluding hydrogens is 426 g/mol. The fourth-order valence-corrected chi connectivity index (χ4v) is 5.21. The van der Waals surface area contributed by atoms with Crippen molar-refractivity contribution in [1.82, 2.24) is 4.57 Å². The largest absolute Gasteiger partial charge is 0.462 e. The number of unbranched alkanes of at least 4 members (excludes halogenated alkanes) is 1. The van der Waals surface area contributed by atoms with Crippen LogP contribution in [0.15, 0.2) is 48.5 Å². The highest BCUT2D eigenvalue weighted by molar-refractivity contribution is 6.07. The Labute approximate surface area is 202 Å². The maximum Gasteiger partial charge on any atom is 0.340 e. The Morgan fingerprint density at radius 3 is 2.41 bits per heavy atom. The highest BCUT2D eigenvalue weighted by Crippen LogP contribution is 2.35. The Kier molecular flexibility index (Phi) is 7.71. The molecule has 0 atom stereocenters. The van der Waals surface area contributed by atoms with Gasteiger partial charge in [0.05, 0.1) is 23.6 Å². The van der Waals surface area contributed by atoms with E-state index in [-0.39, 0.29) is 17.9 Å². The molecule has 0 amide bonds. The zero-order valence-electron chi connectivity index (χ0n) is 20.5. The number of ether oxygens (including phenoxy) is 2. The molecule has 34 heavy (non-hydrogen) atoms. The van der Waals surface area contributed by atoms with Crippen molar-refractivity contribution < 1.29 is 19.1 Å². The molecular formula is C29H35NO4. The molecule has 5 heteroatoms. The number of hydrogen-bond donors (Lipinski definition) is 0. The Hall–Kier alpha value is -3.08. The van der Waals surface area contributed by atoms with E-state index in [0.717, 1.165) is 53.9 Å². The highest BCUT2D eigenvalue weighted by Gasteiger charge is 2.28. The maximum absolute atomic E-state index is 12.9. The van der Waals surface area contributed by atoms with Crippen LogP contribution >= 0.6 is 0 Å². The van der Waals surface area contributed by atoms with Gasteiger partial charge in [-0.1, -0.05) is 44.4 Å². The van der Waals surface area contributed by atoms with Gasteiger partial charge < -0.3 is 14.0 Å². The summed E-state index contributed by atoms with van der Waals surface area (Å²) in [5, 5.41) is 0.730. The molecule has 0 spiro atoms. The number of hydrogen-bond acceptors (Lipinski definition) is 4. The average Bonchev–Trinajstić information content (AvgIpc) is 3.14. The van der Waals surface area contributed by atoms with E-state index in [9.17, 15) is 9.59 Å². The first kappa shape index (κ1) is 24.1. The number of para-hydroxylation sites is 1. The number of nitrogens with zero attached hydrogens (tertiary/aromatic N) is 1. The molecule has 0 unspecified atom stereocenters. The van der Waals surface area contributed by atoms with Crippen molar-refractivity contribution in [3.63, 3.8) is 0 Å². The van der Waals surface area contributed by atoms with Crippen molar-refractivity contribution in [1.29, 1.82) is 0 Å². The number of aromatic nitrogens is 1. The van der Waals surface area contributed by atoms with E-state index in [1.54, 1.807) is 13.0 Å². The van der Waals surface area contributed by atoms with Crippen molar-refractivity contribution in [3.05, 3.63) is 59.8 Å². The molecule has 1 saturated carbocycles. The number of rotatable bonds is 8. The molecule has 180 valence electrons. The lowest BCUT2D eigenvalue weighted by Gasteiger charge is -2.27. The monoisotopic (exact) mass is 461 g/mol. The maximum atomic E-state index is 12.9. The topological polar surface area (TPSA) is 57.5 Å². The summed E-state index contributed by atoms with van der Waals surface area (Å²) < 4.78 is 13.2. The van der Waals surface area contributed by atoms with Crippen LogP contribution < -0.4 is 4.74 Å². The van der Waals surface area contributed by atoms with Crippen LogP contribution in [0, 0.1) is 18.8 Å². The normalized spacial score (nSPS) is 18.1. The molecule has 1 aliphatic rings. The second-order valence-electron chi connectivity index (χ2n) is 9.31. The Morgan fingerprint density at radius 2 is 1.74 bits per heavy atom. The summed E-state index contributed by atoms with van der Waals surface area (Å²) in [4.78, 5) is 25.8. The van der Waals surface area contributed by atoms with Gasteiger partial charge in [0.1, 0.15) is 5.75 Å². The summed E-state index contributed by atoms with van der Waals surface area (Å²) in [7, 11) is 0. The molecule has 0 N–H and O–H groups in total. The third-order valence-corrected chi connectivity index (χ3v) is 7.03. The van der Waals surface area contributed by atoms with Gasteiger partial charge in [0.2, 0.25) is 0 Å². The first-order chi connectivity index (χ1) is 16.5. The quantitative estimate of drug-likeness (QED) is 0.267. The number of carbonyl (C=O) groups is 2. The summed E-state index contributed by atoms with van der Waals surface area (Å²) in [5.74, 6) is 0.641. The molecule has 0 aliphatic heterocycles. The van der Waals surface area contributed by atoms with Crippen LogP contribution in [-0.2, 0) is 9.53 Å². The SMILES string of the molecule is CCCCC1CCC(C(=O)Oc2ccc3c(c2)c(C(=O)OCC)c(C)n3-c2ccccc2)CC1. The first-order valence-electron chi connectivity index (χ1n) is 12.6. The van der Waals surface area contributed by atoms with Crippen LogP contribution in [0.3, 0.4) is 0 Å². The molecule has 5 nitrogen and oxygen atoms in total. The predicted octanol–water partition coefficient (Wildman–Crippen LogP) is 7.02. The molecule has 1 heterocycles. The zero-order chi connectivity index (χ0) is 24.1. The molecule has 0 radical (unpaired) electrons. The zero-order valence-corrected chi connectivity index (χ0v) is 20.5. The fourth-order valence-electron chi connectivity index (χ4n) is 5.21. The van der Waals surface area contributed by atoms with Gasteiger partial charge in [-0.05, 0) is 75.8 Å². The Bertz CT molecular complexity index is 1140. The van der Waals surface area contributed by atoms with Crippen molar-refractivity contribution in [2.24, 2.45) is 11.8 Å². The summed E-state index contributed by atoms with van der Waals surface area (Å²) in [6, 6.07) is 15.5. The smallest absolute Gasteiger partial charge is 0.340 e. The van der Waals surface area contributed by atoms with Crippen molar-refractivity contribution in [3.8, 4) is 11.4 Å². The number of benzene rings is 2. The Balaban J connectivity index is 1.60. The van der Waals surface area contributed by atoms with Crippen molar-refractivity contribution in [2.75, 3.05) is 6.61 Å². The van der Waals surface area contributed by atoms with E-state index in [1.807, 2.05) is 54.0 Å². The van der Waals surface area contributed by atoms with Crippen LogP contribution in [0.2, 0.25) is 0 Å². The van der Waals surface area contributed by atoms with Crippen LogP contribution in [0.25, 0.3) is 16.6 Å². The van der Waals surface area contributed by atoms with Gasteiger partial charge in [-0.3, -0.25) is 4.79 Å². The van der Waals surface area contributed by atoms with Gasteiger partial charge in [0, 0.05) is 16.8 Å². The van der Waals surface area contributed by atoms with Gasteiger partial charge in [0.25, 0.3) is 0 Å². The number of fused-ring (bicyclic) bond motifs is 1. The van der Waals surface area contributed by atoms with Gasteiger partial charge >= 0.3 is 11.9 Å².